The number of methoxy groups -OCH3 is 1. The van der Waals surface area contributed by atoms with E-state index in [2.05, 4.69) is 19.2 Å². The third-order valence-corrected chi connectivity index (χ3v) is 1.78. The molecule has 0 aliphatic heterocycles. The summed E-state index contributed by atoms with van der Waals surface area (Å²) in [6.45, 7) is 7.42. The average molecular weight is 175 g/mol. The Morgan fingerprint density at radius 1 is 1.25 bits per heavy atom. The first-order valence-corrected chi connectivity index (χ1v) is 4.61. The molecule has 0 bridgehead atoms. The van der Waals surface area contributed by atoms with Crippen LogP contribution in [0.15, 0.2) is 0 Å². The fraction of sp³-hybridized carbons (Fsp3) is 1.00. The van der Waals surface area contributed by atoms with Gasteiger partial charge in [0.1, 0.15) is 0 Å². The van der Waals surface area contributed by atoms with E-state index in [1.165, 1.54) is 0 Å². The number of nitrogens with one attached hydrogen (secondary N) is 1. The van der Waals surface area contributed by atoms with Crippen molar-refractivity contribution in [3.8, 4) is 0 Å². The van der Waals surface area contributed by atoms with Crippen molar-refractivity contribution in [3.63, 3.8) is 0 Å². The van der Waals surface area contributed by atoms with Gasteiger partial charge in [0.2, 0.25) is 0 Å². The Morgan fingerprint density at radius 3 is 2.58 bits per heavy atom. The molecule has 0 saturated carbocycles. The summed E-state index contributed by atoms with van der Waals surface area (Å²) >= 11 is 0. The molecule has 3 nitrogen and oxygen atoms in total. The van der Waals surface area contributed by atoms with Crippen LogP contribution in [0.25, 0.3) is 0 Å². The number of ether oxygens (including phenoxy) is 2. The van der Waals surface area contributed by atoms with E-state index in [0.717, 1.165) is 19.6 Å². The van der Waals surface area contributed by atoms with Crippen LogP contribution >= 0.6 is 0 Å². The van der Waals surface area contributed by atoms with Crippen LogP contribution in [0.4, 0.5) is 0 Å². The largest absolute Gasteiger partial charge is 0.382 e. The molecule has 0 rings (SSSR count). The van der Waals surface area contributed by atoms with E-state index in [0.29, 0.717) is 19.3 Å². The van der Waals surface area contributed by atoms with Crippen LogP contribution in [0, 0.1) is 0 Å². The highest BCUT2D eigenvalue weighted by molar-refractivity contribution is 4.55. The van der Waals surface area contributed by atoms with E-state index in [4.69, 9.17) is 9.47 Å². The smallest absolute Gasteiger partial charge is 0.0700 e. The highest BCUT2D eigenvalue weighted by Crippen LogP contribution is 1.86. The van der Waals surface area contributed by atoms with Gasteiger partial charge in [0.25, 0.3) is 0 Å². The molecular weight excluding hydrogens is 154 g/mol. The van der Waals surface area contributed by atoms with Gasteiger partial charge in [0.05, 0.1) is 19.8 Å². The fourth-order valence-corrected chi connectivity index (χ4v) is 0.766. The molecule has 3 heteroatoms. The Balaban J connectivity index is 2.90. The van der Waals surface area contributed by atoms with Crippen LogP contribution in [0.5, 0.6) is 0 Å². The second-order valence-electron chi connectivity index (χ2n) is 2.87. The predicted octanol–water partition coefficient (Wildman–Crippen LogP) is 1.04. The van der Waals surface area contributed by atoms with Crippen LogP contribution in [-0.4, -0.2) is 39.5 Å². The first-order chi connectivity index (χ1) is 5.81. The molecule has 0 spiro atoms. The molecule has 0 aromatic carbocycles. The first kappa shape index (κ1) is 11.9. The normalized spacial score (nSPS) is 13.2. The van der Waals surface area contributed by atoms with Gasteiger partial charge in [-0.15, -0.1) is 0 Å². The molecule has 0 aromatic heterocycles. The summed E-state index contributed by atoms with van der Waals surface area (Å²) < 4.78 is 10.1. The minimum Gasteiger partial charge on any atom is -0.382 e. The lowest BCUT2D eigenvalue weighted by Crippen LogP contribution is -2.29. The zero-order valence-corrected chi connectivity index (χ0v) is 8.43. The molecule has 0 fully saturated rings. The van der Waals surface area contributed by atoms with E-state index in [9.17, 15) is 0 Å². The molecule has 0 amide bonds. The van der Waals surface area contributed by atoms with Gasteiger partial charge in [0, 0.05) is 19.7 Å². The standard InChI is InChI=1S/C9H21NO2/c1-4-9(2)10-5-6-12-8-7-11-3/h9-10H,4-8H2,1-3H3. The lowest BCUT2D eigenvalue weighted by Gasteiger charge is -2.10. The first-order valence-electron chi connectivity index (χ1n) is 4.61. The predicted molar refractivity (Wildman–Crippen MR) is 50.5 cm³/mol. The van der Waals surface area contributed by atoms with Crippen molar-refractivity contribution in [2.24, 2.45) is 0 Å². The quantitative estimate of drug-likeness (QED) is 0.559. The molecule has 0 aliphatic rings. The second kappa shape index (κ2) is 8.97. The summed E-state index contributed by atoms with van der Waals surface area (Å²) in [5, 5.41) is 3.34. The fourth-order valence-electron chi connectivity index (χ4n) is 0.766. The van der Waals surface area contributed by atoms with Gasteiger partial charge >= 0.3 is 0 Å². The molecule has 0 saturated heterocycles. The zero-order chi connectivity index (χ0) is 9.23. The number of rotatable bonds is 8. The van der Waals surface area contributed by atoms with Crippen LogP contribution in [0.1, 0.15) is 20.3 Å². The SMILES string of the molecule is CCC(C)NCCOCCOC. The molecular formula is C9H21NO2. The van der Waals surface area contributed by atoms with E-state index in [1.54, 1.807) is 7.11 Å². The topological polar surface area (TPSA) is 30.5 Å². The lowest BCUT2D eigenvalue weighted by atomic mass is 10.3. The Bertz CT molecular complexity index is 88.6. The maximum Gasteiger partial charge on any atom is 0.0700 e. The average Bonchev–Trinajstić information content (AvgIpc) is 2.10. The van der Waals surface area contributed by atoms with Crippen LogP contribution in [0.2, 0.25) is 0 Å². The van der Waals surface area contributed by atoms with E-state index in [-0.39, 0.29) is 0 Å². The van der Waals surface area contributed by atoms with E-state index >= 15 is 0 Å². The van der Waals surface area contributed by atoms with Gasteiger partial charge in [-0.3, -0.25) is 0 Å². The van der Waals surface area contributed by atoms with Crippen LogP contribution in [0.3, 0.4) is 0 Å². The number of hydrogen-bond donors (Lipinski definition) is 1. The highest BCUT2D eigenvalue weighted by atomic mass is 16.5. The minimum absolute atomic E-state index is 0.594. The maximum atomic E-state index is 5.28. The van der Waals surface area contributed by atoms with Gasteiger partial charge in [0.15, 0.2) is 0 Å². The van der Waals surface area contributed by atoms with Gasteiger partial charge in [-0.1, -0.05) is 6.92 Å². The molecule has 0 aliphatic carbocycles. The maximum absolute atomic E-state index is 5.28. The van der Waals surface area contributed by atoms with Crippen molar-refractivity contribution >= 4 is 0 Å². The summed E-state index contributed by atoms with van der Waals surface area (Å²) in [6, 6.07) is 0.594. The summed E-state index contributed by atoms with van der Waals surface area (Å²) in [7, 11) is 1.68. The Labute approximate surface area is 75.4 Å². The minimum atomic E-state index is 0.594. The van der Waals surface area contributed by atoms with Crippen molar-refractivity contribution in [1.29, 1.82) is 0 Å². The van der Waals surface area contributed by atoms with Crippen LogP contribution in [-0.2, 0) is 9.47 Å². The number of hydrogen-bond acceptors (Lipinski definition) is 3. The van der Waals surface area contributed by atoms with Gasteiger partial charge < -0.3 is 14.8 Å². The molecule has 1 N–H and O–H groups in total. The van der Waals surface area contributed by atoms with Gasteiger partial charge in [-0.2, -0.15) is 0 Å². The van der Waals surface area contributed by atoms with Gasteiger partial charge in [-0.25, -0.2) is 0 Å². The van der Waals surface area contributed by atoms with Gasteiger partial charge in [-0.05, 0) is 13.3 Å². The van der Waals surface area contributed by atoms with Crippen molar-refractivity contribution in [1.82, 2.24) is 5.32 Å². The van der Waals surface area contributed by atoms with E-state index in [1.807, 2.05) is 0 Å². The molecule has 12 heavy (non-hydrogen) atoms. The molecule has 1 atom stereocenters. The molecule has 74 valence electrons. The van der Waals surface area contributed by atoms with Crippen molar-refractivity contribution in [2.45, 2.75) is 26.3 Å². The van der Waals surface area contributed by atoms with Crippen molar-refractivity contribution < 1.29 is 9.47 Å². The molecule has 1 unspecified atom stereocenters. The second-order valence-corrected chi connectivity index (χ2v) is 2.87. The zero-order valence-electron chi connectivity index (χ0n) is 8.43. The van der Waals surface area contributed by atoms with E-state index < -0.39 is 0 Å². The third-order valence-electron chi connectivity index (χ3n) is 1.78. The Morgan fingerprint density at radius 2 is 2.00 bits per heavy atom. The van der Waals surface area contributed by atoms with Crippen molar-refractivity contribution in [2.75, 3.05) is 33.5 Å². The molecule has 0 heterocycles. The Kier molecular flexibility index (Phi) is 8.88. The molecule has 0 radical (unpaired) electrons. The summed E-state index contributed by atoms with van der Waals surface area (Å²) in [6.07, 6.45) is 1.16. The van der Waals surface area contributed by atoms with Crippen LogP contribution < -0.4 is 5.32 Å². The summed E-state index contributed by atoms with van der Waals surface area (Å²) in [5.41, 5.74) is 0. The summed E-state index contributed by atoms with van der Waals surface area (Å²) in [4.78, 5) is 0. The monoisotopic (exact) mass is 175 g/mol. The molecule has 0 aromatic rings. The Hall–Kier alpha value is -0.120. The van der Waals surface area contributed by atoms with Crippen molar-refractivity contribution in [3.05, 3.63) is 0 Å². The third kappa shape index (κ3) is 7.98. The highest BCUT2D eigenvalue weighted by Gasteiger charge is 1.95. The lowest BCUT2D eigenvalue weighted by molar-refractivity contribution is 0.0712. The summed E-state index contributed by atoms with van der Waals surface area (Å²) in [5.74, 6) is 0.